The van der Waals surface area contributed by atoms with Crippen molar-refractivity contribution >= 4 is 5.78 Å². The lowest BCUT2D eigenvalue weighted by Crippen LogP contribution is -2.51. The van der Waals surface area contributed by atoms with E-state index in [1.165, 1.54) is 0 Å². The maximum absolute atomic E-state index is 12.4. The topological polar surface area (TPSA) is 35.5 Å². The highest BCUT2D eigenvalue weighted by Gasteiger charge is 2.52. The standard InChI is InChI=1S/C18H28O3/c1-8-9-10-14(12(2)3)11-15-16(19)18(6,20-7)17(15)21-13(4)5/h11,13H,2,8-10H2,1,3-7H3/b14-11+. The molecule has 1 unspecified atom stereocenters. The fourth-order valence-corrected chi connectivity index (χ4v) is 2.34. The zero-order valence-electron chi connectivity index (χ0n) is 14.2. The highest BCUT2D eigenvalue weighted by molar-refractivity contribution is 6.13. The number of rotatable bonds is 8. The molecule has 1 aliphatic rings. The maximum atomic E-state index is 12.4. The minimum atomic E-state index is -0.943. The van der Waals surface area contributed by atoms with E-state index in [-0.39, 0.29) is 11.9 Å². The molecule has 0 radical (unpaired) electrons. The number of hydrogen-bond donors (Lipinski definition) is 0. The summed E-state index contributed by atoms with van der Waals surface area (Å²) in [7, 11) is 1.54. The van der Waals surface area contributed by atoms with Gasteiger partial charge in [0.1, 0.15) is 5.76 Å². The van der Waals surface area contributed by atoms with E-state index in [1.54, 1.807) is 14.0 Å². The Hall–Kier alpha value is -1.35. The number of carbonyl (C=O) groups excluding carboxylic acids is 1. The lowest BCUT2D eigenvalue weighted by atomic mass is 9.77. The van der Waals surface area contributed by atoms with Gasteiger partial charge in [-0.3, -0.25) is 4.79 Å². The Kier molecular flexibility index (Phi) is 5.97. The van der Waals surface area contributed by atoms with Crippen molar-refractivity contribution < 1.29 is 14.3 Å². The zero-order chi connectivity index (χ0) is 16.2. The summed E-state index contributed by atoms with van der Waals surface area (Å²) >= 11 is 0. The van der Waals surface area contributed by atoms with Gasteiger partial charge in [-0.2, -0.15) is 0 Å². The predicted molar refractivity (Wildman–Crippen MR) is 86.1 cm³/mol. The molecule has 0 N–H and O–H groups in total. The number of methoxy groups -OCH3 is 1. The van der Waals surface area contributed by atoms with Crippen LogP contribution in [0.15, 0.2) is 35.1 Å². The van der Waals surface area contributed by atoms with Crippen LogP contribution in [0.2, 0.25) is 0 Å². The Morgan fingerprint density at radius 2 is 2.05 bits per heavy atom. The fraction of sp³-hybridized carbons (Fsp3) is 0.611. The van der Waals surface area contributed by atoms with Gasteiger partial charge in [0.2, 0.25) is 5.78 Å². The number of carbonyl (C=O) groups is 1. The minimum Gasteiger partial charge on any atom is -0.491 e. The first-order valence-corrected chi connectivity index (χ1v) is 7.65. The third-order valence-electron chi connectivity index (χ3n) is 3.78. The van der Waals surface area contributed by atoms with Crippen molar-refractivity contribution in [1.29, 1.82) is 0 Å². The average molecular weight is 292 g/mol. The van der Waals surface area contributed by atoms with Crippen molar-refractivity contribution in [2.45, 2.75) is 65.6 Å². The van der Waals surface area contributed by atoms with Gasteiger partial charge in [-0.1, -0.05) is 25.5 Å². The van der Waals surface area contributed by atoms with Crippen LogP contribution in [0.5, 0.6) is 0 Å². The summed E-state index contributed by atoms with van der Waals surface area (Å²) in [5.41, 5.74) is 1.80. The van der Waals surface area contributed by atoms with Gasteiger partial charge >= 0.3 is 0 Å². The molecule has 0 saturated heterocycles. The van der Waals surface area contributed by atoms with Crippen molar-refractivity contribution in [3.63, 3.8) is 0 Å². The molecule has 0 fully saturated rings. The molecule has 0 aromatic carbocycles. The first-order valence-electron chi connectivity index (χ1n) is 7.65. The molecule has 3 nitrogen and oxygen atoms in total. The maximum Gasteiger partial charge on any atom is 0.205 e. The second kappa shape index (κ2) is 7.08. The fourth-order valence-electron chi connectivity index (χ4n) is 2.34. The minimum absolute atomic E-state index is 0.00916. The van der Waals surface area contributed by atoms with Gasteiger partial charge in [-0.15, -0.1) is 0 Å². The lowest BCUT2D eigenvalue weighted by Gasteiger charge is -2.39. The SMILES string of the molecule is C=C(C)/C(=C/C1=C(OC(C)C)C(C)(OC)C1=O)CCCC. The molecule has 0 amide bonds. The van der Waals surface area contributed by atoms with Crippen LogP contribution in [0.1, 0.15) is 53.9 Å². The molecule has 3 heteroatoms. The number of ketones is 1. The first kappa shape index (κ1) is 17.7. The molecule has 0 aromatic heterocycles. The molecule has 1 atom stereocenters. The molecule has 118 valence electrons. The van der Waals surface area contributed by atoms with Crippen molar-refractivity contribution in [3.05, 3.63) is 35.1 Å². The Bertz CT molecular complexity index is 483. The van der Waals surface area contributed by atoms with E-state index in [1.807, 2.05) is 26.8 Å². The third-order valence-corrected chi connectivity index (χ3v) is 3.78. The van der Waals surface area contributed by atoms with Crippen LogP contribution >= 0.6 is 0 Å². The van der Waals surface area contributed by atoms with Gasteiger partial charge < -0.3 is 9.47 Å². The molecular formula is C18H28O3. The average Bonchev–Trinajstić information content (AvgIpc) is 2.44. The van der Waals surface area contributed by atoms with E-state index in [9.17, 15) is 4.79 Å². The van der Waals surface area contributed by atoms with E-state index in [0.29, 0.717) is 11.3 Å². The van der Waals surface area contributed by atoms with Gasteiger partial charge in [0, 0.05) is 7.11 Å². The van der Waals surface area contributed by atoms with Crippen LogP contribution in [-0.2, 0) is 14.3 Å². The van der Waals surface area contributed by atoms with Gasteiger partial charge in [0.05, 0.1) is 11.7 Å². The molecule has 0 aromatic rings. The lowest BCUT2D eigenvalue weighted by molar-refractivity contribution is -0.142. The van der Waals surface area contributed by atoms with E-state index >= 15 is 0 Å². The number of allylic oxidation sites excluding steroid dienone is 3. The zero-order valence-corrected chi connectivity index (χ0v) is 14.2. The highest BCUT2D eigenvalue weighted by atomic mass is 16.6. The Balaban J connectivity index is 3.18. The molecule has 0 heterocycles. The number of unbranched alkanes of at least 4 members (excludes halogenated alkanes) is 1. The summed E-state index contributed by atoms with van der Waals surface area (Å²) in [4.78, 5) is 12.4. The normalized spacial score (nSPS) is 22.6. The monoisotopic (exact) mass is 292 g/mol. The third kappa shape index (κ3) is 3.65. The Morgan fingerprint density at radius 3 is 2.48 bits per heavy atom. The molecule has 0 spiro atoms. The van der Waals surface area contributed by atoms with Crippen LogP contribution in [0.4, 0.5) is 0 Å². The van der Waals surface area contributed by atoms with Crippen LogP contribution in [0.25, 0.3) is 0 Å². The van der Waals surface area contributed by atoms with Gasteiger partial charge in [0.25, 0.3) is 0 Å². The van der Waals surface area contributed by atoms with E-state index in [2.05, 4.69) is 13.5 Å². The molecule has 0 saturated carbocycles. The van der Waals surface area contributed by atoms with Crippen LogP contribution < -0.4 is 0 Å². The molecular weight excluding hydrogens is 264 g/mol. The molecule has 1 aliphatic carbocycles. The van der Waals surface area contributed by atoms with Crippen LogP contribution in [-0.4, -0.2) is 24.6 Å². The number of Topliss-reactive ketones (excluding diaryl/α,β-unsaturated/α-hetero) is 1. The quantitative estimate of drug-likeness (QED) is 0.624. The smallest absolute Gasteiger partial charge is 0.205 e. The second-order valence-electron chi connectivity index (χ2n) is 6.03. The van der Waals surface area contributed by atoms with Crippen molar-refractivity contribution in [2.75, 3.05) is 7.11 Å². The molecule has 1 rings (SSSR count). The summed E-state index contributed by atoms with van der Waals surface area (Å²) in [6.45, 7) is 13.8. The second-order valence-corrected chi connectivity index (χ2v) is 6.03. The van der Waals surface area contributed by atoms with Gasteiger partial charge in [0.15, 0.2) is 5.60 Å². The molecule has 0 aliphatic heterocycles. The Morgan fingerprint density at radius 1 is 1.43 bits per heavy atom. The van der Waals surface area contributed by atoms with Crippen LogP contribution in [0, 0.1) is 0 Å². The first-order chi connectivity index (χ1) is 9.77. The van der Waals surface area contributed by atoms with Crippen LogP contribution in [0.3, 0.4) is 0 Å². The van der Waals surface area contributed by atoms with Gasteiger partial charge in [-0.25, -0.2) is 0 Å². The van der Waals surface area contributed by atoms with E-state index < -0.39 is 5.60 Å². The highest BCUT2D eigenvalue weighted by Crippen LogP contribution is 2.41. The van der Waals surface area contributed by atoms with Crippen molar-refractivity contribution in [3.8, 4) is 0 Å². The summed E-state index contributed by atoms with van der Waals surface area (Å²) in [6, 6.07) is 0. The molecule has 21 heavy (non-hydrogen) atoms. The Labute approximate surface area is 128 Å². The van der Waals surface area contributed by atoms with Gasteiger partial charge in [-0.05, 0) is 52.2 Å². The van der Waals surface area contributed by atoms with Crippen molar-refractivity contribution in [2.24, 2.45) is 0 Å². The van der Waals surface area contributed by atoms with Crippen molar-refractivity contribution in [1.82, 2.24) is 0 Å². The summed E-state index contributed by atoms with van der Waals surface area (Å²) < 4.78 is 11.2. The van der Waals surface area contributed by atoms with E-state index in [4.69, 9.17) is 9.47 Å². The summed E-state index contributed by atoms with van der Waals surface area (Å²) in [6.07, 6.45) is 5.07. The van der Waals surface area contributed by atoms with E-state index in [0.717, 1.165) is 30.4 Å². The summed E-state index contributed by atoms with van der Waals surface area (Å²) in [5, 5.41) is 0. The molecule has 0 bridgehead atoms. The summed E-state index contributed by atoms with van der Waals surface area (Å²) in [5.74, 6) is 0.621. The number of ether oxygens (including phenoxy) is 2. The number of hydrogen-bond acceptors (Lipinski definition) is 3. The largest absolute Gasteiger partial charge is 0.491 e. The predicted octanol–water partition coefficient (Wildman–Crippen LogP) is 4.35.